The molecule has 0 aliphatic heterocycles. The summed E-state index contributed by atoms with van der Waals surface area (Å²) in [6.07, 6.45) is 7.11. The Labute approximate surface area is 62.3 Å². The minimum atomic E-state index is 0.781. The average molecular weight is 141 g/mol. The van der Waals surface area contributed by atoms with Crippen molar-refractivity contribution in [3.63, 3.8) is 0 Å². The molecule has 0 unspecified atom stereocenters. The summed E-state index contributed by atoms with van der Waals surface area (Å²) in [7, 11) is 0. The van der Waals surface area contributed by atoms with Crippen LogP contribution in [-0.2, 0) is 4.84 Å². The summed E-state index contributed by atoms with van der Waals surface area (Å²) < 4.78 is 0. The van der Waals surface area contributed by atoms with E-state index in [1.54, 1.807) is 6.21 Å². The van der Waals surface area contributed by atoms with E-state index >= 15 is 0 Å². The molecule has 0 saturated heterocycles. The molecule has 0 spiro atoms. The van der Waals surface area contributed by atoms with E-state index in [9.17, 15) is 0 Å². The molecule has 2 heteroatoms. The smallest absolute Gasteiger partial charge is 0.120 e. The van der Waals surface area contributed by atoms with E-state index in [0.717, 1.165) is 12.5 Å². The van der Waals surface area contributed by atoms with Gasteiger partial charge in [-0.25, -0.2) is 0 Å². The van der Waals surface area contributed by atoms with Crippen LogP contribution in [0.5, 0.6) is 0 Å². The van der Waals surface area contributed by atoms with Crippen molar-refractivity contribution in [1.29, 1.82) is 0 Å². The van der Waals surface area contributed by atoms with E-state index in [-0.39, 0.29) is 0 Å². The summed E-state index contributed by atoms with van der Waals surface area (Å²) >= 11 is 0. The van der Waals surface area contributed by atoms with Crippen molar-refractivity contribution >= 4 is 6.21 Å². The third-order valence-corrected chi connectivity index (χ3v) is 1.96. The number of hydrogen-bond donors (Lipinski definition) is 0. The predicted molar refractivity (Wildman–Crippen MR) is 42.1 cm³/mol. The third-order valence-electron chi connectivity index (χ3n) is 1.96. The summed E-state index contributed by atoms with van der Waals surface area (Å²) in [5, 5.41) is 3.71. The molecule has 1 aliphatic carbocycles. The molecule has 0 heterocycles. The summed E-state index contributed by atoms with van der Waals surface area (Å²) in [5.41, 5.74) is 0. The zero-order chi connectivity index (χ0) is 7.23. The van der Waals surface area contributed by atoms with Gasteiger partial charge in [0.05, 0.1) is 0 Å². The van der Waals surface area contributed by atoms with Gasteiger partial charge in [-0.2, -0.15) is 0 Å². The normalized spacial score (nSPS) is 20.5. The first-order valence-corrected chi connectivity index (χ1v) is 4.03. The average Bonchev–Trinajstić information content (AvgIpc) is 2.41. The Balaban J connectivity index is 2.01. The SMILES string of the molecule is CC=NOCC1CCCC1. The maximum Gasteiger partial charge on any atom is 0.120 e. The fraction of sp³-hybridized carbons (Fsp3) is 0.875. The van der Waals surface area contributed by atoms with E-state index in [4.69, 9.17) is 4.84 Å². The van der Waals surface area contributed by atoms with Gasteiger partial charge in [-0.3, -0.25) is 0 Å². The van der Waals surface area contributed by atoms with E-state index in [0.29, 0.717) is 0 Å². The molecule has 0 aromatic rings. The van der Waals surface area contributed by atoms with Gasteiger partial charge >= 0.3 is 0 Å². The Morgan fingerprint density at radius 1 is 1.50 bits per heavy atom. The van der Waals surface area contributed by atoms with Gasteiger partial charge in [0.1, 0.15) is 6.61 Å². The lowest BCUT2D eigenvalue weighted by Gasteiger charge is -2.04. The van der Waals surface area contributed by atoms with Crippen LogP contribution in [0, 0.1) is 5.92 Å². The first-order chi connectivity index (χ1) is 4.93. The second-order valence-corrected chi connectivity index (χ2v) is 2.81. The molecule has 58 valence electrons. The lowest BCUT2D eigenvalue weighted by atomic mass is 10.1. The summed E-state index contributed by atoms with van der Waals surface area (Å²) in [6.45, 7) is 2.69. The lowest BCUT2D eigenvalue weighted by Crippen LogP contribution is -2.01. The van der Waals surface area contributed by atoms with Gasteiger partial charge in [0.25, 0.3) is 0 Å². The highest BCUT2D eigenvalue weighted by Crippen LogP contribution is 2.24. The quantitative estimate of drug-likeness (QED) is 0.436. The summed E-state index contributed by atoms with van der Waals surface area (Å²) in [6, 6.07) is 0. The van der Waals surface area contributed by atoms with Crippen molar-refractivity contribution in [1.82, 2.24) is 0 Å². The van der Waals surface area contributed by atoms with Crippen LogP contribution in [0.4, 0.5) is 0 Å². The molecule has 1 saturated carbocycles. The van der Waals surface area contributed by atoms with Crippen molar-refractivity contribution in [2.24, 2.45) is 11.1 Å². The number of rotatable bonds is 3. The number of nitrogens with zero attached hydrogens (tertiary/aromatic N) is 1. The monoisotopic (exact) mass is 141 g/mol. The Hall–Kier alpha value is -0.530. The van der Waals surface area contributed by atoms with E-state index in [1.807, 2.05) is 6.92 Å². The van der Waals surface area contributed by atoms with Crippen molar-refractivity contribution in [2.75, 3.05) is 6.61 Å². The topological polar surface area (TPSA) is 21.6 Å². The van der Waals surface area contributed by atoms with Gasteiger partial charge in [0, 0.05) is 6.21 Å². The number of hydrogen-bond acceptors (Lipinski definition) is 2. The summed E-state index contributed by atoms with van der Waals surface area (Å²) in [5.74, 6) is 0.781. The second kappa shape index (κ2) is 4.31. The van der Waals surface area contributed by atoms with Crippen LogP contribution in [0.3, 0.4) is 0 Å². The number of oxime groups is 1. The highest BCUT2D eigenvalue weighted by Gasteiger charge is 2.14. The molecular weight excluding hydrogens is 126 g/mol. The largest absolute Gasteiger partial charge is 0.396 e. The molecule has 0 aromatic carbocycles. The van der Waals surface area contributed by atoms with Crippen LogP contribution in [0.2, 0.25) is 0 Å². The van der Waals surface area contributed by atoms with Crippen molar-refractivity contribution in [2.45, 2.75) is 32.6 Å². The van der Waals surface area contributed by atoms with Gasteiger partial charge in [0.15, 0.2) is 0 Å². The van der Waals surface area contributed by atoms with E-state index in [1.165, 1.54) is 25.7 Å². The molecule has 10 heavy (non-hydrogen) atoms. The minimum Gasteiger partial charge on any atom is -0.396 e. The minimum absolute atomic E-state index is 0.781. The molecule has 0 aromatic heterocycles. The third kappa shape index (κ3) is 2.38. The van der Waals surface area contributed by atoms with Gasteiger partial charge in [-0.15, -0.1) is 0 Å². The molecule has 0 atom stereocenters. The van der Waals surface area contributed by atoms with Gasteiger partial charge in [0.2, 0.25) is 0 Å². The van der Waals surface area contributed by atoms with Crippen molar-refractivity contribution in [3.05, 3.63) is 0 Å². The van der Waals surface area contributed by atoms with Crippen molar-refractivity contribution in [3.8, 4) is 0 Å². The standard InChI is InChI=1S/C8H15NO/c1-2-9-10-7-8-5-3-4-6-8/h2,8H,3-7H2,1H3. The molecule has 0 N–H and O–H groups in total. The van der Waals surface area contributed by atoms with Crippen LogP contribution in [0.15, 0.2) is 5.16 Å². The molecule has 0 amide bonds. The Bertz CT molecular complexity index is 106. The highest BCUT2D eigenvalue weighted by atomic mass is 16.6. The highest BCUT2D eigenvalue weighted by molar-refractivity contribution is 5.52. The van der Waals surface area contributed by atoms with Crippen LogP contribution in [0.25, 0.3) is 0 Å². The zero-order valence-corrected chi connectivity index (χ0v) is 6.55. The first kappa shape index (κ1) is 7.58. The fourth-order valence-corrected chi connectivity index (χ4v) is 1.40. The Morgan fingerprint density at radius 3 is 2.80 bits per heavy atom. The maximum absolute atomic E-state index is 5.04. The molecule has 1 fully saturated rings. The first-order valence-electron chi connectivity index (χ1n) is 4.03. The molecular formula is C8H15NO. The van der Waals surface area contributed by atoms with Gasteiger partial charge < -0.3 is 4.84 Å². The molecule has 0 bridgehead atoms. The summed E-state index contributed by atoms with van der Waals surface area (Å²) in [4.78, 5) is 5.04. The fourth-order valence-electron chi connectivity index (χ4n) is 1.40. The molecule has 1 aliphatic rings. The van der Waals surface area contributed by atoms with Gasteiger partial charge in [-0.1, -0.05) is 18.0 Å². The maximum atomic E-state index is 5.04. The second-order valence-electron chi connectivity index (χ2n) is 2.81. The molecule has 1 rings (SSSR count). The van der Waals surface area contributed by atoms with E-state index < -0.39 is 0 Å². The zero-order valence-electron chi connectivity index (χ0n) is 6.55. The lowest BCUT2D eigenvalue weighted by molar-refractivity contribution is 0.110. The Kier molecular flexibility index (Phi) is 3.27. The molecule has 2 nitrogen and oxygen atoms in total. The van der Waals surface area contributed by atoms with Crippen molar-refractivity contribution < 1.29 is 4.84 Å². The molecule has 0 radical (unpaired) electrons. The van der Waals surface area contributed by atoms with Crippen LogP contribution in [-0.4, -0.2) is 12.8 Å². The predicted octanol–water partition coefficient (Wildman–Crippen LogP) is 2.20. The van der Waals surface area contributed by atoms with Crippen LogP contribution >= 0.6 is 0 Å². The Morgan fingerprint density at radius 2 is 2.20 bits per heavy atom. The van der Waals surface area contributed by atoms with Crippen LogP contribution < -0.4 is 0 Å². The van der Waals surface area contributed by atoms with Crippen LogP contribution in [0.1, 0.15) is 32.6 Å². The van der Waals surface area contributed by atoms with E-state index in [2.05, 4.69) is 5.16 Å². The van der Waals surface area contributed by atoms with Gasteiger partial charge in [-0.05, 0) is 25.7 Å².